The van der Waals surface area contributed by atoms with Crippen LogP contribution in [-0.4, -0.2) is 52.7 Å². The molecular weight excluding hydrogens is 394 g/mol. The fraction of sp³-hybridized carbons (Fsp3) is 0.263. The number of nitrogens with zero attached hydrogens (tertiary/aromatic N) is 4. The van der Waals surface area contributed by atoms with Gasteiger partial charge in [0.1, 0.15) is 5.75 Å². The second kappa shape index (κ2) is 9.78. The summed E-state index contributed by atoms with van der Waals surface area (Å²) in [5.41, 5.74) is 1.39. The van der Waals surface area contributed by atoms with Gasteiger partial charge in [0.15, 0.2) is 11.5 Å². The van der Waals surface area contributed by atoms with Gasteiger partial charge in [-0.3, -0.25) is 4.79 Å². The van der Waals surface area contributed by atoms with Crippen LogP contribution in [-0.2, 0) is 4.79 Å². The van der Waals surface area contributed by atoms with Crippen LogP contribution in [0.3, 0.4) is 0 Å². The van der Waals surface area contributed by atoms with Gasteiger partial charge in [-0.1, -0.05) is 11.8 Å². The van der Waals surface area contributed by atoms with Crippen LogP contribution in [0.5, 0.6) is 17.2 Å². The van der Waals surface area contributed by atoms with Gasteiger partial charge in [-0.2, -0.15) is 4.68 Å². The van der Waals surface area contributed by atoms with Crippen LogP contribution in [0.25, 0.3) is 5.69 Å². The molecule has 1 N–H and O–H groups in total. The van der Waals surface area contributed by atoms with Crippen LogP contribution >= 0.6 is 11.8 Å². The lowest BCUT2D eigenvalue weighted by atomic mass is 10.3. The maximum absolute atomic E-state index is 12.3. The standard InChI is InChI=1S/C19H21N5O4S/c1-4-28-15-8-5-13(6-9-15)20-18(25)12-29-19-21-22-23-24(19)14-7-10-16(26-2)17(11-14)27-3/h5-11H,4,12H2,1-3H3,(H,20,25). The van der Waals surface area contributed by atoms with Crippen LogP contribution in [0, 0.1) is 0 Å². The van der Waals surface area contributed by atoms with Crippen molar-refractivity contribution in [2.75, 3.05) is 31.9 Å². The largest absolute Gasteiger partial charge is 0.494 e. The van der Waals surface area contributed by atoms with E-state index in [2.05, 4.69) is 20.8 Å². The maximum Gasteiger partial charge on any atom is 0.234 e. The lowest BCUT2D eigenvalue weighted by Crippen LogP contribution is -2.14. The van der Waals surface area contributed by atoms with Crippen molar-refractivity contribution < 1.29 is 19.0 Å². The molecular formula is C19H21N5O4S. The average molecular weight is 415 g/mol. The van der Waals surface area contributed by atoms with E-state index in [1.54, 1.807) is 38.5 Å². The van der Waals surface area contributed by atoms with Gasteiger partial charge in [0, 0.05) is 11.8 Å². The van der Waals surface area contributed by atoms with Gasteiger partial charge in [0.25, 0.3) is 0 Å². The third-order valence-electron chi connectivity index (χ3n) is 3.83. The molecule has 0 unspecified atom stereocenters. The van der Waals surface area contributed by atoms with Gasteiger partial charge in [0.2, 0.25) is 11.1 Å². The van der Waals surface area contributed by atoms with Gasteiger partial charge in [-0.25, -0.2) is 0 Å². The number of hydrogen-bond donors (Lipinski definition) is 1. The van der Waals surface area contributed by atoms with E-state index < -0.39 is 0 Å². The number of anilines is 1. The summed E-state index contributed by atoms with van der Waals surface area (Å²) < 4.78 is 17.5. The molecule has 0 aliphatic rings. The minimum atomic E-state index is -0.166. The SMILES string of the molecule is CCOc1ccc(NC(=O)CSc2nnnn2-c2ccc(OC)c(OC)c2)cc1. The molecule has 0 aliphatic carbocycles. The summed E-state index contributed by atoms with van der Waals surface area (Å²) in [6, 6.07) is 12.5. The van der Waals surface area contributed by atoms with Crippen molar-refractivity contribution >= 4 is 23.4 Å². The van der Waals surface area contributed by atoms with Gasteiger partial charge >= 0.3 is 0 Å². The molecule has 3 rings (SSSR count). The summed E-state index contributed by atoms with van der Waals surface area (Å²) in [4.78, 5) is 12.3. The first-order valence-electron chi connectivity index (χ1n) is 8.81. The Kier molecular flexibility index (Phi) is 6.90. The van der Waals surface area contributed by atoms with Crippen LogP contribution in [0.4, 0.5) is 5.69 Å². The summed E-state index contributed by atoms with van der Waals surface area (Å²) in [7, 11) is 3.13. The Morgan fingerprint density at radius 3 is 2.55 bits per heavy atom. The molecule has 0 saturated heterocycles. The van der Waals surface area contributed by atoms with Gasteiger partial charge in [0.05, 0.1) is 32.3 Å². The predicted molar refractivity (Wildman–Crippen MR) is 109 cm³/mol. The molecule has 1 heterocycles. The highest BCUT2D eigenvalue weighted by molar-refractivity contribution is 7.99. The number of benzene rings is 2. The van der Waals surface area contributed by atoms with Crippen molar-refractivity contribution in [1.29, 1.82) is 0 Å². The van der Waals surface area contributed by atoms with E-state index in [0.29, 0.717) is 34.6 Å². The van der Waals surface area contributed by atoms with E-state index in [4.69, 9.17) is 14.2 Å². The molecule has 0 radical (unpaired) electrons. The van der Waals surface area contributed by atoms with E-state index in [1.165, 1.54) is 16.4 Å². The summed E-state index contributed by atoms with van der Waals surface area (Å²) in [5.74, 6) is 1.91. The minimum Gasteiger partial charge on any atom is -0.494 e. The van der Waals surface area contributed by atoms with E-state index in [1.807, 2.05) is 25.1 Å². The Morgan fingerprint density at radius 1 is 1.10 bits per heavy atom. The van der Waals surface area contributed by atoms with Crippen molar-refractivity contribution in [3.05, 3.63) is 42.5 Å². The minimum absolute atomic E-state index is 0.154. The molecule has 0 bridgehead atoms. The zero-order valence-electron chi connectivity index (χ0n) is 16.3. The van der Waals surface area contributed by atoms with Crippen LogP contribution in [0.2, 0.25) is 0 Å². The molecule has 0 aliphatic heterocycles. The smallest absolute Gasteiger partial charge is 0.234 e. The van der Waals surface area contributed by atoms with Crippen LogP contribution < -0.4 is 19.5 Å². The fourth-order valence-electron chi connectivity index (χ4n) is 2.52. The second-order valence-corrected chi connectivity index (χ2v) is 6.65. The van der Waals surface area contributed by atoms with Gasteiger partial charge in [-0.15, -0.1) is 5.10 Å². The quantitative estimate of drug-likeness (QED) is 0.533. The lowest BCUT2D eigenvalue weighted by Gasteiger charge is -2.10. The number of amides is 1. The Hall–Kier alpha value is -3.27. The first kappa shape index (κ1) is 20.5. The number of aromatic nitrogens is 4. The van der Waals surface area contributed by atoms with E-state index in [-0.39, 0.29) is 11.7 Å². The second-order valence-electron chi connectivity index (χ2n) is 5.71. The van der Waals surface area contributed by atoms with Crippen molar-refractivity contribution in [1.82, 2.24) is 20.2 Å². The number of tetrazole rings is 1. The van der Waals surface area contributed by atoms with Gasteiger partial charge < -0.3 is 19.5 Å². The number of nitrogens with one attached hydrogen (secondary N) is 1. The Morgan fingerprint density at radius 2 is 1.86 bits per heavy atom. The van der Waals surface area contributed by atoms with Crippen LogP contribution in [0.15, 0.2) is 47.6 Å². The molecule has 152 valence electrons. The predicted octanol–water partition coefficient (Wildman–Crippen LogP) is 2.81. The highest BCUT2D eigenvalue weighted by Gasteiger charge is 2.14. The summed E-state index contributed by atoms with van der Waals surface area (Å²) in [6.45, 7) is 2.51. The van der Waals surface area contributed by atoms with Crippen LogP contribution in [0.1, 0.15) is 6.92 Å². The molecule has 1 amide bonds. The number of carbonyl (C=O) groups is 1. The van der Waals surface area contributed by atoms with E-state index in [9.17, 15) is 4.79 Å². The third kappa shape index (κ3) is 5.17. The van der Waals surface area contributed by atoms with Gasteiger partial charge in [-0.05, 0) is 53.7 Å². The van der Waals surface area contributed by atoms with E-state index >= 15 is 0 Å². The van der Waals surface area contributed by atoms with Crippen molar-refractivity contribution in [2.24, 2.45) is 0 Å². The highest BCUT2D eigenvalue weighted by atomic mass is 32.2. The molecule has 10 heteroatoms. The number of methoxy groups -OCH3 is 2. The molecule has 0 fully saturated rings. The molecule has 0 saturated carbocycles. The number of rotatable bonds is 9. The maximum atomic E-state index is 12.3. The lowest BCUT2D eigenvalue weighted by molar-refractivity contribution is -0.113. The number of ether oxygens (including phenoxy) is 3. The average Bonchev–Trinajstić information content (AvgIpc) is 3.22. The zero-order valence-corrected chi connectivity index (χ0v) is 17.1. The van der Waals surface area contributed by atoms with Crippen molar-refractivity contribution in [3.63, 3.8) is 0 Å². The Labute approximate surface area is 172 Å². The molecule has 1 aromatic heterocycles. The third-order valence-corrected chi connectivity index (χ3v) is 4.75. The summed E-state index contributed by atoms with van der Waals surface area (Å²) >= 11 is 1.23. The highest BCUT2D eigenvalue weighted by Crippen LogP contribution is 2.30. The zero-order chi connectivity index (χ0) is 20.6. The van der Waals surface area contributed by atoms with Crippen molar-refractivity contribution in [2.45, 2.75) is 12.1 Å². The Balaban J connectivity index is 1.63. The first-order valence-corrected chi connectivity index (χ1v) is 9.79. The Bertz CT molecular complexity index is 961. The molecule has 2 aromatic carbocycles. The molecule has 9 nitrogen and oxygen atoms in total. The number of hydrogen-bond acceptors (Lipinski definition) is 8. The number of thioether (sulfide) groups is 1. The number of carbonyl (C=O) groups excluding carboxylic acids is 1. The van der Waals surface area contributed by atoms with E-state index in [0.717, 1.165) is 5.75 Å². The monoisotopic (exact) mass is 415 g/mol. The topological polar surface area (TPSA) is 100 Å². The normalized spacial score (nSPS) is 10.4. The summed E-state index contributed by atoms with van der Waals surface area (Å²) in [5, 5.41) is 15.0. The summed E-state index contributed by atoms with van der Waals surface area (Å²) in [6.07, 6.45) is 0. The first-order chi connectivity index (χ1) is 14.1. The molecule has 29 heavy (non-hydrogen) atoms. The molecule has 0 spiro atoms. The molecule has 0 atom stereocenters. The van der Waals surface area contributed by atoms with Crippen molar-refractivity contribution in [3.8, 4) is 22.9 Å². The molecule has 3 aromatic rings. The fourth-order valence-corrected chi connectivity index (χ4v) is 3.21.